The van der Waals surface area contributed by atoms with Crippen LogP contribution >= 0.6 is 27.3 Å². The van der Waals surface area contributed by atoms with E-state index >= 15 is 0 Å². The molecule has 1 amide bonds. The van der Waals surface area contributed by atoms with Crippen molar-refractivity contribution in [2.24, 2.45) is 0 Å². The van der Waals surface area contributed by atoms with Gasteiger partial charge in [-0.2, -0.15) is 14.6 Å². The van der Waals surface area contributed by atoms with E-state index in [0.29, 0.717) is 16.8 Å². The van der Waals surface area contributed by atoms with Gasteiger partial charge in [-0.05, 0) is 35.9 Å². The number of fused-ring (bicyclic) bond motifs is 2. The van der Waals surface area contributed by atoms with Crippen molar-refractivity contribution in [3.05, 3.63) is 119 Å². The number of nitrogens with zero attached hydrogens (tertiary/aromatic N) is 4. The van der Waals surface area contributed by atoms with Crippen molar-refractivity contribution < 1.29 is 9.18 Å². The maximum atomic E-state index is 13.7. The van der Waals surface area contributed by atoms with Gasteiger partial charge in [0.05, 0.1) is 17.8 Å². The lowest BCUT2D eigenvalue weighted by Gasteiger charge is -2.17. The van der Waals surface area contributed by atoms with E-state index in [-0.39, 0.29) is 39.0 Å². The SMILES string of the molecule is O=C1/C(=c2\sc3nc(=O)c(-c4ccccc4)nn3c2=O)c2cc(Br)ccc2N1Cc1ccc(F)cc1. The normalized spacial score (nSPS) is 14.5. The van der Waals surface area contributed by atoms with Crippen LogP contribution in [0.1, 0.15) is 11.1 Å². The molecular weight excluding hydrogens is 547 g/mol. The van der Waals surface area contributed by atoms with E-state index in [2.05, 4.69) is 26.0 Å². The standard InChI is InChI=1S/C26H14BrFN4O3S/c27-16-8-11-19-18(12-16)20(24(34)31(19)13-14-6-9-17(28)10-7-14)22-25(35)32-26(36-22)29-23(33)21(30-32)15-4-2-1-3-5-15/h1-12H,13H2/b22-20-. The van der Waals surface area contributed by atoms with E-state index < -0.39 is 11.1 Å². The van der Waals surface area contributed by atoms with Crippen LogP contribution in [0.3, 0.4) is 0 Å². The zero-order chi connectivity index (χ0) is 25.0. The minimum Gasteiger partial charge on any atom is -0.303 e. The molecule has 5 aromatic rings. The Balaban J connectivity index is 1.57. The van der Waals surface area contributed by atoms with Crippen molar-refractivity contribution in [3.63, 3.8) is 0 Å². The van der Waals surface area contributed by atoms with E-state index in [4.69, 9.17) is 0 Å². The van der Waals surface area contributed by atoms with Crippen molar-refractivity contribution in [1.29, 1.82) is 0 Å². The molecule has 0 saturated carbocycles. The summed E-state index contributed by atoms with van der Waals surface area (Å²) in [4.78, 5) is 45.6. The lowest BCUT2D eigenvalue weighted by atomic mass is 10.1. The van der Waals surface area contributed by atoms with E-state index in [0.717, 1.165) is 25.9 Å². The molecule has 0 spiro atoms. The van der Waals surface area contributed by atoms with Gasteiger partial charge in [0.15, 0.2) is 5.69 Å². The van der Waals surface area contributed by atoms with Crippen LogP contribution < -0.4 is 20.6 Å². The first-order valence-electron chi connectivity index (χ1n) is 10.8. The Labute approximate surface area is 214 Å². The molecule has 7 nitrogen and oxygen atoms in total. The van der Waals surface area contributed by atoms with Crippen LogP contribution in [-0.4, -0.2) is 20.5 Å². The fourth-order valence-corrected chi connectivity index (χ4v) is 5.55. The van der Waals surface area contributed by atoms with Crippen LogP contribution in [0.4, 0.5) is 10.1 Å². The molecule has 0 N–H and O–H groups in total. The molecule has 0 unspecified atom stereocenters. The van der Waals surface area contributed by atoms with E-state index in [9.17, 15) is 18.8 Å². The summed E-state index contributed by atoms with van der Waals surface area (Å²) in [5.74, 6) is -0.740. The number of hydrogen-bond donors (Lipinski definition) is 0. The van der Waals surface area contributed by atoms with Gasteiger partial charge in [0, 0.05) is 15.6 Å². The van der Waals surface area contributed by atoms with Gasteiger partial charge >= 0.3 is 5.56 Å². The molecule has 176 valence electrons. The molecule has 6 rings (SSSR count). The third-order valence-electron chi connectivity index (χ3n) is 5.87. The van der Waals surface area contributed by atoms with Crippen molar-refractivity contribution in [3.8, 4) is 11.3 Å². The molecule has 0 atom stereocenters. The highest BCUT2D eigenvalue weighted by Gasteiger charge is 2.34. The predicted octanol–water partition coefficient (Wildman–Crippen LogP) is 3.54. The Morgan fingerprint density at radius 1 is 0.944 bits per heavy atom. The van der Waals surface area contributed by atoms with E-state index in [1.165, 1.54) is 12.1 Å². The Bertz CT molecular complexity index is 1850. The number of hydrogen-bond acceptors (Lipinski definition) is 6. The summed E-state index contributed by atoms with van der Waals surface area (Å²) in [5.41, 5.74) is 1.66. The second kappa shape index (κ2) is 8.58. The highest BCUT2D eigenvalue weighted by molar-refractivity contribution is 9.10. The Morgan fingerprint density at radius 3 is 2.44 bits per heavy atom. The van der Waals surface area contributed by atoms with Gasteiger partial charge in [0.25, 0.3) is 11.5 Å². The number of halogens is 2. The monoisotopic (exact) mass is 560 g/mol. The lowest BCUT2D eigenvalue weighted by molar-refractivity contribution is -0.113. The second-order valence-electron chi connectivity index (χ2n) is 8.12. The van der Waals surface area contributed by atoms with Crippen LogP contribution in [0.5, 0.6) is 0 Å². The fourth-order valence-electron chi connectivity index (χ4n) is 4.19. The van der Waals surface area contributed by atoms with Gasteiger partial charge < -0.3 is 4.90 Å². The van der Waals surface area contributed by atoms with Crippen molar-refractivity contribution in [2.45, 2.75) is 6.54 Å². The molecule has 0 radical (unpaired) electrons. The molecule has 0 saturated heterocycles. The summed E-state index contributed by atoms with van der Waals surface area (Å²) < 4.78 is 15.3. The summed E-state index contributed by atoms with van der Waals surface area (Å²) in [6.45, 7) is 0.197. The molecule has 0 aliphatic carbocycles. The quantitative estimate of drug-likeness (QED) is 0.337. The number of carbonyl (C=O) groups excluding carboxylic acids is 1. The first-order chi connectivity index (χ1) is 17.4. The molecule has 0 fully saturated rings. The minimum atomic E-state index is -0.558. The average Bonchev–Trinajstić information content (AvgIpc) is 3.32. The highest BCUT2D eigenvalue weighted by Crippen LogP contribution is 2.38. The van der Waals surface area contributed by atoms with Crippen molar-refractivity contribution in [2.75, 3.05) is 4.90 Å². The largest absolute Gasteiger partial charge is 0.303 e. The summed E-state index contributed by atoms with van der Waals surface area (Å²) >= 11 is 4.40. The van der Waals surface area contributed by atoms with Crippen LogP contribution in [0, 0.1) is 5.82 Å². The Hall–Kier alpha value is -4.02. The van der Waals surface area contributed by atoms with Crippen LogP contribution in [0.15, 0.2) is 86.9 Å². The molecule has 3 heterocycles. The van der Waals surface area contributed by atoms with Crippen LogP contribution in [0.25, 0.3) is 21.8 Å². The van der Waals surface area contributed by atoms with Gasteiger partial charge in [0.2, 0.25) is 4.96 Å². The molecule has 1 aliphatic heterocycles. The molecule has 0 bridgehead atoms. The maximum absolute atomic E-state index is 13.7. The molecule has 2 aromatic heterocycles. The Kier molecular flexibility index (Phi) is 5.35. The minimum absolute atomic E-state index is 0.0541. The fraction of sp³-hybridized carbons (Fsp3) is 0.0385. The van der Waals surface area contributed by atoms with Gasteiger partial charge in [0.1, 0.15) is 10.3 Å². The van der Waals surface area contributed by atoms with Crippen LogP contribution in [0.2, 0.25) is 0 Å². The van der Waals surface area contributed by atoms with E-state index in [1.54, 1.807) is 53.4 Å². The lowest BCUT2D eigenvalue weighted by Crippen LogP contribution is -2.32. The van der Waals surface area contributed by atoms with Gasteiger partial charge in [-0.1, -0.05) is 69.7 Å². The summed E-state index contributed by atoms with van der Waals surface area (Å²) in [5, 5.41) is 4.29. The maximum Gasteiger partial charge on any atom is 0.300 e. The number of aromatic nitrogens is 3. The zero-order valence-corrected chi connectivity index (χ0v) is 20.7. The molecular formula is C26H14BrFN4O3S. The van der Waals surface area contributed by atoms with Crippen molar-refractivity contribution in [1.82, 2.24) is 14.6 Å². The number of thiazole rings is 1. The van der Waals surface area contributed by atoms with Crippen LogP contribution in [-0.2, 0) is 11.3 Å². The molecule has 1 aliphatic rings. The molecule has 10 heteroatoms. The number of carbonyl (C=O) groups is 1. The third kappa shape index (κ3) is 3.66. The molecule has 36 heavy (non-hydrogen) atoms. The number of anilines is 1. The topological polar surface area (TPSA) is 84.6 Å². The van der Waals surface area contributed by atoms with Gasteiger partial charge in [-0.15, -0.1) is 0 Å². The van der Waals surface area contributed by atoms with Crippen molar-refractivity contribution >= 4 is 49.4 Å². The second-order valence-corrected chi connectivity index (χ2v) is 10.0. The van der Waals surface area contributed by atoms with Gasteiger partial charge in [-0.3, -0.25) is 14.4 Å². The third-order valence-corrected chi connectivity index (χ3v) is 7.39. The predicted molar refractivity (Wildman–Crippen MR) is 138 cm³/mol. The molecule has 3 aromatic carbocycles. The number of rotatable bonds is 3. The van der Waals surface area contributed by atoms with E-state index in [1.807, 2.05) is 12.1 Å². The first kappa shape index (κ1) is 22.4. The Morgan fingerprint density at radius 2 is 1.69 bits per heavy atom. The average molecular weight is 561 g/mol. The summed E-state index contributed by atoms with van der Waals surface area (Å²) in [6.07, 6.45) is 0. The van der Waals surface area contributed by atoms with Gasteiger partial charge in [-0.25, -0.2) is 4.39 Å². The highest BCUT2D eigenvalue weighted by atomic mass is 79.9. The first-order valence-corrected chi connectivity index (χ1v) is 12.4. The smallest absolute Gasteiger partial charge is 0.300 e. The number of amides is 1. The summed E-state index contributed by atoms with van der Waals surface area (Å²) in [7, 11) is 0. The zero-order valence-electron chi connectivity index (χ0n) is 18.3. The number of benzene rings is 3. The summed E-state index contributed by atoms with van der Waals surface area (Å²) in [6, 6.07) is 20.0.